The van der Waals surface area contributed by atoms with Gasteiger partial charge in [0.25, 0.3) is 11.5 Å². The van der Waals surface area contributed by atoms with Crippen LogP contribution in [0.15, 0.2) is 11.0 Å². The first-order chi connectivity index (χ1) is 11.0. The standard InChI is InChI=1S/C12H9F3N4O5/c1-19-8-4(2-17-11(18-8)12(13,14)15)7(22)6(10(19)24)9(23)16-3-5(20)21/h2,22H,3H2,1H3,(H,16,23)(H,20,21). The molecule has 2 rings (SSSR count). The van der Waals surface area contributed by atoms with Crippen molar-refractivity contribution in [2.45, 2.75) is 6.18 Å². The fourth-order valence-corrected chi connectivity index (χ4v) is 1.88. The summed E-state index contributed by atoms with van der Waals surface area (Å²) in [4.78, 5) is 40.6. The van der Waals surface area contributed by atoms with E-state index in [1.807, 2.05) is 5.32 Å². The zero-order valence-corrected chi connectivity index (χ0v) is 11.9. The number of pyridine rings is 1. The number of rotatable bonds is 3. The van der Waals surface area contributed by atoms with Crippen LogP contribution in [0.2, 0.25) is 0 Å². The summed E-state index contributed by atoms with van der Waals surface area (Å²) in [6, 6.07) is 0. The van der Waals surface area contributed by atoms with E-state index in [-0.39, 0.29) is 5.39 Å². The number of hydrogen-bond donors (Lipinski definition) is 3. The van der Waals surface area contributed by atoms with Crippen molar-refractivity contribution < 1.29 is 33.0 Å². The van der Waals surface area contributed by atoms with E-state index in [4.69, 9.17) is 5.11 Å². The number of alkyl halides is 3. The third-order valence-electron chi connectivity index (χ3n) is 2.98. The molecule has 2 heterocycles. The molecule has 0 atom stereocenters. The van der Waals surface area contributed by atoms with Crippen molar-refractivity contribution in [2.24, 2.45) is 7.05 Å². The number of nitrogens with zero attached hydrogens (tertiary/aromatic N) is 3. The molecule has 128 valence electrons. The van der Waals surface area contributed by atoms with Gasteiger partial charge in [0.15, 0.2) is 0 Å². The first-order valence-corrected chi connectivity index (χ1v) is 6.20. The SMILES string of the molecule is Cn1c(=O)c(C(=O)NCC(=O)O)c(O)c2cnc(C(F)(F)F)nc21. The monoisotopic (exact) mass is 346 g/mol. The minimum absolute atomic E-state index is 0.370. The first-order valence-electron chi connectivity index (χ1n) is 6.20. The number of amides is 1. The summed E-state index contributed by atoms with van der Waals surface area (Å²) in [6.45, 7) is -0.816. The Morgan fingerprint density at radius 2 is 2.00 bits per heavy atom. The molecule has 12 heteroatoms. The molecule has 0 fully saturated rings. The average Bonchev–Trinajstić information content (AvgIpc) is 2.49. The summed E-state index contributed by atoms with van der Waals surface area (Å²) in [6.07, 6.45) is -4.24. The zero-order valence-electron chi connectivity index (χ0n) is 11.9. The van der Waals surface area contributed by atoms with E-state index in [9.17, 15) is 32.7 Å². The Bertz CT molecular complexity index is 906. The van der Waals surface area contributed by atoms with E-state index in [2.05, 4.69) is 9.97 Å². The molecule has 1 amide bonds. The molecule has 0 saturated heterocycles. The number of aryl methyl sites for hydroxylation is 1. The van der Waals surface area contributed by atoms with Gasteiger partial charge in [-0.25, -0.2) is 9.97 Å². The number of hydrogen-bond acceptors (Lipinski definition) is 6. The first kappa shape index (κ1) is 17.2. The van der Waals surface area contributed by atoms with Crippen molar-refractivity contribution in [2.75, 3.05) is 6.54 Å². The number of aromatic hydroxyl groups is 1. The molecule has 24 heavy (non-hydrogen) atoms. The number of carbonyl (C=O) groups excluding carboxylic acids is 1. The lowest BCUT2D eigenvalue weighted by atomic mass is 10.1. The van der Waals surface area contributed by atoms with Crippen molar-refractivity contribution in [3.05, 3.63) is 27.9 Å². The van der Waals surface area contributed by atoms with E-state index in [0.29, 0.717) is 10.8 Å². The van der Waals surface area contributed by atoms with Crippen LogP contribution in [0.4, 0.5) is 13.2 Å². The van der Waals surface area contributed by atoms with Gasteiger partial charge in [-0.3, -0.25) is 19.0 Å². The summed E-state index contributed by atoms with van der Waals surface area (Å²) in [5.41, 5.74) is -2.50. The second-order valence-corrected chi connectivity index (χ2v) is 4.59. The Hall–Kier alpha value is -3.18. The molecule has 0 aliphatic rings. The maximum Gasteiger partial charge on any atom is 0.451 e. The van der Waals surface area contributed by atoms with Gasteiger partial charge in [0, 0.05) is 13.2 Å². The highest BCUT2D eigenvalue weighted by molar-refractivity contribution is 6.02. The van der Waals surface area contributed by atoms with Crippen LogP contribution in [0.3, 0.4) is 0 Å². The summed E-state index contributed by atoms with van der Waals surface area (Å²) < 4.78 is 38.5. The Kier molecular flexibility index (Phi) is 4.14. The summed E-state index contributed by atoms with van der Waals surface area (Å²) in [5, 5.41) is 20.0. The molecule has 0 aromatic carbocycles. The Morgan fingerprint density at radius 1 is 1.38 bits per heavy atom. The quantitative estimate of drug-likeness (QED) is 0.704. The van der Waals surface area contributed by atoms with Gasteiger partial charge in [-0.15, -0.1) is 0 Å². The van der Waals surface area contributed by atoms with Crippen molar-refractivity contribution in [3.8, 4) is 5.75 Å². The van der Waals surface area contributed by atoms with Crippen molar-refractivity contribution in [1.82, 2.24) is 19.9 Å². The summed E-state index contributed by atoms with van der Waals surface area (Å²) in [5.74, 6) is -5.05. The minimum Gasteiger partial charge on any atom is -0.506 e. The highest BCUT2D eigenvalue weighted by atomic mass is 19.4. The Morgan fingerprint density at radius 3 is 2.54 bits per heavy atom. The molecule has 2 aromatic heterocycles. The van der Waals surface area contributed by atoms with Crippen LogP contribution < -0.4 is 10.9 Å². The predicted molar refractivity (Wildman–Crippen MR) is 71.4 cm³/mol. The van der Waals surface area contributed by atoms with E-state index in [0.717, 1.165) is 7.05 Å². The van der Waals surface area contributed by atoms with Crippen LogP contribution in [0.1, 0.15) is 16.2 Å². The average molecular weight is 346 g/mol. The molecule has 2 aromatic rings. The van der Waals surface area contributed by atoms with Crippen LogP contribution >= 0.6 is 0 Å². The van der Waals surface area contributed by atoms with Crippen molar-refractivity contribution >= 4 is 22.9 Å². The van der Waals surface area contributed by atoms with Crippen LogP contribution in [-0.4, -0.2) is 43.2 Å². The summed E-state index contributed by atoms with van der Waals surface area (Å²) in [7, 11) is 1.05. The third-order valence-corrected chi connectivity index (χ3v) is 2.98. The zero-order chi connectivity index (χ0) is 18.2. The van der Waals surface area contributed by atoms with E-state index < -0.39 is 52.9 Å². The number of fused-ring (bicyclic) bond motifs is 1. The Labute approximate surface area is 130 Å². The highest BCUT2D eigenvalue weighted by Gasteiger charge is 2.35. The third kappa shape index (κ3) is 2.98. The lowest BCUT2D eigenvalue weighted by molar-refractivity contribution is -0.144. The second-order valence-electron chi connectivity index (χ2n) is 4.59. The number of aliphatic carboxylic acids is 1. The number of halogens is 3. The second kappa shape index (κ2) is 5.79. The van der Waals surface area contributed by atoms with Gasteiger partial charge < -0.3 is 15.5 Å². The fourth-order valence-electron chi connectivity index (χ4n) is 1.88. The maximum atomic E-state index is 12.6. The molecule has 9 nitrogen and oxygen atoms in total. The highest BCUT2D eigenvalue weighted by Crippen LogP contribution is 2.29. The van der Waals surface area contributed by atoms with Gasteiger partial charge in [-0.2, -0.15) is 13.2 Å². The van der Waals surface area contributed by atoms with Gasteiger partial charge in [0.1, 0.15) is 23.5 Å². The molecule has 3 N–H and O–H groups in total. The van der Waals surface area contributed by atoms with Crippen LogP contribution in [0.25, 0.3) is 11.0 Å². The van der Waals surface area contributed by atoms with Crippen LogP contribution in [0, 0.1) is 0 Å². The largest absolute Gasteiger partial charge is 0.506 e. The maximum absolute atomic E-state index is 12.6. The van der Waals surface area contributed by atoms with Crippen molar-refractivity contribution in [3.63, 3.8) is 0 Å². The predicted octanol–water partition coefficient (Wildman–Crippen LogP) is -0.133. The minimum atomic E-state index is -4.86. The lowest BCUT2D eigenvalue weighted by Gasteiger charge is -2.12. The molecular formula is C12H9F3N4O5. The van der Waals surface area contributed by atoms with E-state index in [1.54, 1.807) is 0 Å². The molecule has 0 unspecified atom stereocenters. The fraction of sp³-hybridized carbons (Fsp3) is 0.250. The van der Waals surface area contributed by atoms with Crippen LogP contribution in [0.5, 0.6) is 5.75 Å². The van der Waals surface area contributed by atoms with E-state index >= 15 is 0 Å². The smallest absolute Gasteiger partial charge is 0.451 e. The van der Waals surface area contributed by atoms with Gasteiger partial charge in [0.05, 0.1) is 5.39 Å². The van der Waals surface area contributed by atoms with E-state index in [1.165, 1.54) is 0 Å². The summed E-state index contributed by atoms with van der Waals surface area (Å²) >= 11 is 0. The number of aromatic nitrogens is 3. The topological polar surface area (TPSA) is 134 Å². The lowest BCUT2D eigenvalue weighted by Crippen LogP contribution is -2.35. The molecular weight excluding hydrogens is 337 g/mol. The van der Waals surface area contributed by atoms with Crippen molar-refractivity contribution in [1.29, 1.82) is 0 Å². The van der Waals surface area contributed by atoms with Gasteiger partial charge in [0.2, 0.25) is 5.82 Å². The van der Waals surface area contributed by atoms with Gasteiger partial charge >= 0.3 is 12.1 Å². The molecule has 0 saturated carbocycles. The normalized spacial score (nSPS) is 11.5. The molecule has 0 radical (unpaired) electrons. The van der Waals surface area contributed by atoms with Crippen LogP contribution in [-0.2, 0) is 18.0 Å². The van der Waals surface area contributed by atoms with Gasteiger partial charge in [-0.05, 0) is 0 Å². The molecule has 0 aliphatic heterocycles. The molecule has 0 bridgehead atoms. The molecule has 0 spiro atoms. The Balaban J connectivity index is 2.67. The number of carboxylic acid groups (broad SMARTS) is 1. The number of carbonyl (C=O) groups is 2. The number of carboxylic acids is 1. The molecule has 0 aliphatic carbocycles. The number of nitrogens with one attached hydrogen (secondary N) is 1. The van der Waals surface area contributed by atoms with Gasteiger partial charge in [-0.1, -0.05) is 0 Å².